The van der Waals surface area contributed by atoms with Crippen molar-refractivity contribution in [3.8, 4) is 0 Å². The monoisotopic (exact) mass is 368 g/mol. The zero-order valence-corrected chi connectivity index (χ0v) is 14.2. The van der Waals surface area contributed by atoms with Crippen LogP contribution >= 0.6 is 0 Å². The van der Waals surface area contributed by atoms with E-state index in [0.717, 1.165) is 23.8 Å². The third-order valence-corrected chi connectivity index (χ3v) is 5.85. The standard InChI is InChI=1S/C14H19F3N2O4S/c1-10-12(24(21,22)19-6-3-4-7-19)9-11(23-10)13(20)18(2)8-5-14(15,16)17/h9H,3-8H2,1-2H3. The molecule has 0 radical (unpaired) electrons. The molecule has 0 unspecified atom stereocenters. The van der Waals surface area contributed by atoms with Gasteiger partial charge < -0.3 is 9.32 Å². The molecule has 1 fully saturated rings. The van der Waals surface area contributed by atoms with Gasteiger partial charge in [-0.05, 0) is 19.8 Å². The van der Waals surface area contributed by atoms with Crippen molar-refractivity contribution in [1.82, 2.24) is 9.21 Å². The lowest BCUT2D eigenvalue weighted by atomic mass is 10.3. The number of carbonyl (C=O) groups is 1. The molecule has 0 spiro atoms. The second kappa shape index (κ2) is 6.75. The maximum absolute atomic E-state index is 12.5. The van der Waals surface area contributed by atoms with Gasteiger partial charge in [-0.15, -0.1) is 0 Å². The molecule has 1 saturated heterocycles. The molecule has 1 aliphatic rings. The summed E-state index contributed by atoms with van der Waals surface area (Å²) in [5.74, 6) is -1.02. The average molecular weight is 368 g/mol. The van der Waals surface area contributed by atoms with Gasteiger partial charge in [0.1, 0.15) is 10.7 Å². The molecule has 0 bridgehead atoms. The summed E-state index contributed by atoms with van der Waals surface area (Å²) in [6.07, 6.45) is -3.99. The van der Waals surface area contributed by atoms with Gasteiger partial charge in [0.25, 0.3) is 5.91 Å². The van der Waals surface area contributed by atoms with Gasteiger partial charge >= 0.3 is 6.18 Å². The highest BCUT2D eigenvalue weighted by molar-refractivity contribution is 7.89. The van der Waals surface area contributed by atoms with E-state index >= 15 is 0 Å². The molecule has 0 aromatic carbocycles. The van der Waals surface area contributed by atoms with Gasteiger partial charge in [0.05, 0.1) is 6.42 Å². The second-order valence-corrected chi connectivity index (χ2v) is 7.64. The van der Waals surface area contributed by atoms with Gasteiger partial charge in [0.15, 0.2) is 5.76 Å². The third-order valence-electron chi connectivity index (χ3n) is 3.84. The van der Waals surface area contributed by atoms with Gasteiger partial charge in [-0.25, -0.2) is 8.42 Å². The summed E-state index contributed by atoms with van der Waals surface area (Å²) >= 11 is 0. The molecule has 1 amide bonds. The minimum Gasteiger partial charge on any atom is -0.455 e. The number of carbonyl (C=O) groups excluding carboxylic acids is 1. The first-order chi connectivity index (χ1) is 11.0. The first-order valence-electron chi connectivity index (χ1n) is 7.45. The highest BCUT2D eigenvalue weighted by Crippen LogP contribution is 2.27. The third kappa shape index (κ3) is 4.10. The van der Waals surface area contributed by atoms with Crippen LogP contribution in [0, 0.1) is 6.92 Å². The molecule has 1 aromatic rings. The predicted molar refractivity (Wildman–Crippen MR) is 79.1 cm³/mol. The largest absolute Gasteiger partial charge is 0.455 e. The Hall–Kier alpha value is -1.55. The van der Waals surface area contributed by atoms with Crippen molar-refractivity contribution in [2.45, 2.75) is 37.3 Å². The van der Waals surface area contributed by atoms with Crippen molar-refractivity contribution in [3.05, 3.63) is 17.6 Å². The molecule has 0 aliphatic carbocycles. The van der Waals surface area contributed by atoms with Gasteiger partial charge in [-0.2, -0.15) is 17.5 Å². The van der Waals surface area contributed by atoms with Crippen LogP contribution < -0.4 is 0 Å². The number of sulfonamides is 1. The smallest absolute Gasteiger partial charge is 0.390 e. The SMILES string of the molecule is Cc1oc(C(=O)N(C)CCC(F)(F)F)cc1S(=O)(=O)N1CCCC1. The van der Waals surface area contributed by atoms with E-state index in [2.05, 4.69) is 0 Å². The molecule has 1 aliphatic heterocycles. The summed E-state index contributed by atoms with van der Waals surface area (Å²) in [7, 11) is -2.55. The molecule has 0 N–H and O–H groups in total. The molecule has 0 atom stereocenters. The van der Waals surface area contributed by atoms with Gasteiger partial charge in [0.2, 0.25) is 10.0 Å². The van der Waals surface area contributed by atoms with Crippen molar-refractivity contribution in [1.29, 1.82) is 0 Å². The second-order valence-electron chi connectivity index (χ2n) is 5.73. The Kier molecular flexibility index (Phi) is 5.28. The quantitative estimate of drug-likeness (QED) is 0.800. The number of hydrogen-bond donors (Lipinski definition) is 0. The van der Waals surface area contributed by atoms with Gasteiger partial charge in [-0.1, -0.05) is 0 Å². The number of alkyl halides is 3. The molecular formula is C14H19F3N2O4S. The molecule has 1 aromatic heterocycles. The fraction of sp³-hybridized carbons (Fsp3) is 0.643. The van der Waals surface area contributed by atoms with E-state index in [0.29, 0.717) is 13.1 Å². The normalized spacial score (nSPS) is 16.5. The maximum atomic E-state index is 12.5. The lowest BCUT2D eigenvalue weighted by molar-refractivity contribution is -0.136. The van der Waals surface area contributed by atoms with Crippen LogP contribution in [0.15, 0.2) is 15.4 Å². The van der Waals surface area contributed by atoms with Gasteiger partial charge in [0, 0.05) is 32.7 Å². The molecule has 2 rings (SSSR count). The Bertz CT molecular complexity index is 706. The molecule has 6 nitrogen and oxygen atoms in total. The summed E-state index contributed by atoms with van der Waals surface area (Å²) in [6.45, 7) is 1.69. The lowest BCUT2D eigenvalue weighted by Crippen LogP contribution is -2.30. The number of hydrogen-bond acceptors (Lipinski definition) is 4. The maximum Gasteiger partial charge on any atom is 0.390 e. The van der Waals surface area contributed by atoms with E-state index in [4.69, 9.17) is 4.42 Å². The van der Waals surface area contributed by atoms with Crippen LogP contribution in [0.3, 0.4) is 0 Å². The van der Waals surface area contributed by atoms with Crippen molar-refractivity contribution in [2.24, 2.45) is 0 Å². The summed E-state index contributed by atoms with van der Waals surface area (Å²) in [5, 5.41) is 0. The van der Waals surface area contributed by atoms with Crippen LogP contribution in [-0.2, 0) is 10.0 Å². The van der Waals surface area contributed by atoms with Crippen molar-refractivity contribution >= 4 is 15.9 Å². The first-order valence-corrected chi connectivity index (χ1v) is 8.89. The van der Waals surface area contributed by atoms with Crippen LogP contribution in [0.5, 0.6) is 0 Å². The van der Waals surface area contributed by atoms with Crippen molar-refractivity contribution in [2.75, 3.05) is 26.7 Å². The Morgan fingerprint density at radius 3 is 2.46 bits per heavy atom. The number of aryl methyl sites for hydroxylation is 1. The zero-order valence-electron chi connectivity index (χ0n) is 13.4. The fourth-order valence-electron chi connectivity index (χ4n) is 2.48. The van der Waals surface area contributed by atoms with E-state index in [1.807, 2.05) is 0 Å². The highest BCUT2D eigenvalue weighted by Gasteiger charge is 2.33. The summed E-state index contributed by atoms with van der Waals surface area (Å²) in [5.41, 5.74) is 0. The van der Waals surface area contributed by atoms with E-state index in [1.54, 1.807) is 0 Å². The van der Waals surface area contributed by atoms with E-state index in [9.17, 15) is 26.4 Å². The summed E-state index contributed by atoms with van der Waals surface area (Å²) in [6, 6.07) is 1.09. The predicted octanol–water partition coefficient (Wildman–Crippen LogP) is 2.40. The fourth-order valence-corrected chi connectivity index (χ4v) is 4.16. The van der Waals surface area contributed by atoms with Crippen LogP contribution in [0.1, 0.15) is 35.6 Å². The van der Waals surface area contributed by atoms with E-state index < -0.39 is 35.1 Å². The Morgan fingerprint density at radius 1 is 1.33 bits per heavy atom. The van der Waals surface area contributed by atoms with E-state index in [-0.39, 0.29) is 16.4 Å². The van der Waals surface area contributed by atoms with Crippen LogP contribution in [0.2, 0.25) is 0 Å². The van der Waals surface area contributed by atoms with Crippen LogP contribution in [0.25, 0.3) is 0 Å². The lowest BCUT2D eigenvalue weighted by Gasteiger charge is -2.16. The zero-order chi connectivity index (χ0) is 18.1. The van der Waals surface area contributed by atoms with Crippen LogP contribution in [0.4, 0.5) is 13.2 Å². The number of furan rings is 1. The summed E-state index contributed by atoms with van der Waals surface area (Å²) < 4.78 is 68.2. The number of rotatable bonds is 5. The number of nitrogens with zero attached hydrogens (tertiary/aromatic N) is 2. The minimum atomic E-state index is -4.38. The van der Waals surface area contributed by atoms with E-state index in [1.165, 1.54) is 18.3 Å². The minimum absolute atomic E-state index is 0.0504. The van der Waals surface area contributed by atoms with Gasteiger partial charge in [-0.3, -0.25) is 4.79 Å². The topological polar surface area (TPSA) is 70.8 Å². The Balaban J connectivity index is 2.17. The average Bonchev–Trinajstić information content (AvgIpc) is 3.12. The number of amides is 1. The Labute approximate surface area is 138 Å². The molecule has 24 heavy (non-hydrogen) atoms. The van der Waals surface area contributed by atoms with Crippen LogP contribution in [-0.4, -0.2) is 56.4 Å². The molecular weight excluding hydrogens is 349 g/mol. The molecule has 0 saturated carbocycles. The molecule has 10 heteroatoms. The highest BCUT2D eigenvalue weighted by atomic mass is 32.2. The molecule has 136 valence electrons. The summed E-state index contributed by atoms with van der Waals surface area (Å²) in [4.78, 5) is 12.9. The molecule has 2 heterocycles. The Morgan fingerprint density at radius 2 is 1.92 bits per heavy atom. The first kappa shape index (κ1) is 18.8. The number of halogens is 3. The van der Waals surface area contributed by atoms with Crippen molar-refractivity contribution < 1.29 is 30.8 Å². The van der Waals surface area contributed by atoms with Crippen molar-refractivity contribution in [3.63, 3.8) is 0 Å².